The summed E-state index contributed by atoms with van der Waals surface area (Å²) in [6.07, 6.45) is 3.15. The maximum Gasteiger partial charge on any atom is 0.228 e. The van der Waals surface area contributed by atoms with E-state index >= 15 is 0 Å². The second-order valence-corrected chi connectivity index (χ2v) is 2.20. The number of nitrogens with zero attached hydrogens (tertiary/aromatic N) is 2. The lowest BCUT2D eigenvalue weighted by molar-refractivity contribution is -0.679. The van der Waals surface area contributed by atoms with E-state index in [0.717, 1.165) is 5.69 Å². The molecule has 1 aromatic heterocycles. The first-order valence-electron chi connectivity index (χ1n) is 3.10. The average Bonchev–Trinajstić information content (AvgIpc) is 2.06. The number of alkyl halides is 1. The van der Waals surface area contributed by atoms with E-state index in [1.165, 1.54) is 6.21 Å². The van der Waals surface area contributed by atoms with Gasteiger partial charge in [-0.1, -0.05) is 16.8 Å². The number of aromatic nitrogens is 1. The monoisotopic (exact) mass is 171 g/mol. The van der Waals surface area contributed by atoms with E-state index in [-0.39, 0.29) is 0 Å². The van der Waals surface area contributed by atoms with Gasteiger partial charge in [-0.3, -0.25) is 0 Å². The quantitative estimate of drug-likeness (QED) is 0.233. The van der Waals surface area contributed by atoms with Crippen LogP contribution in [0.25, 0.3) is 0 Å². The molecule has 0 unspecified atom stereocenters. The van der Waals surface area contributed by atoms with Crippen molar-refractivity contribution in [2.45, 2.75) is 6.00 Å². The molecule has 1 rings (SSSR count). The fraction of sp³-hybridized carbons (Fsp3) is 0.143. The van der Waals surface area contributed by atoms with Gasteiger partial charge < -0.3 is 5.21 Å². The summed E-state index contributed by atoms with van der Waals surface area (Å²) in [6.45, 7) is 0. The number of pyridine rings is 1. The maximum absolute atomic E-state index is 8.25. The van der Waals surface area contributed by atoms with Crippen molar-refractivity contribution in [3.8, 4) is 0 Å². The molecule has 0 aliphatic rings. The highest BCUT2D eigenvalue weighted by atomic mass is 35.5. The molecular weight excluding hydrogens is 164 g/mol. The van der Waals surface area contributed by atoms with E-state index in [9.17, 15) is 0 Å². The molecule has 11 heavy (non-hydrogen) atoms. The van der Waals surface area contributed by atoms with Gasteiger partial charge in [-0.05, 0) is 6.07 Å². The zero-order chi connectivity index (χ0) is 8.10. The summed E-state index contributed by atoms with van der Waals surface area (Å²) in [7, 11) is 0. The first-order valence-corrected chi connectivity index (χ1v) is 3.64. The Kier molecular flexibility index (Phi) is 2.86. The third kappa shape index (κ3) is 1.91. The standard InChI is InChI=1S/C7H7ClN2O/c8-6-10-4-2-1-3-7(10)5-9-11/h1-5H,6H2/p+1. The molecule has 0 amide bonds. The van der Waals surface area contributed by atoms with Gasteiger partial charge >= 0.3 is 0 Å². The van der Waals surface area contributed by atoms with Crippen molar-refractivity contribution in [3.05, 3.63) is 30.1 Å². The predicted octanol–water partition coefficient (Wildman–Crippen LogP) is 0.978. The van der Waals surface area contributed by atoms with E-state index in [0.29, 0.717) is 6.00 Å². The Morgan fingerprint density at radius 2 is 2.45 bits per heavy atom. The van der Waals surface area contributed by atoms with E-state index in [1.54, 1.807) is 4.57 Å². The molecule has 0 aliphatic carbocycles. The van der Waals surface area contributed by atoms with E-state index < -0.39 is 0 Å². The molecule has 0 spiro atoms. The molecule has 4 heteroatoms. The van der Waals surface area contributed by atoms with Gasteiger partial charge in [0.05, 0.1) is 0 Å². The Balaban J connectivity index is 3.02. The molecular formula is C7H8ClN2O+. The molecule has 0 bridgehead atoms. The highest BCUT2D eigenvalue weighted by Crippen LogP contribution is 1.88. The molecule has 0 aliphatic heterocycles. The largest absolute Gasteiger partial charge is 0.411 e. The Hall–Kier alpha value is -1.09. The van der Waals surface area contributed by atoms with E-state index in [4.69, 9.17) is 16.8 Å². The van der Waals surface area contributed by atoms with Crippen molar-refractivity contribution < 1.29 is 9.77 Å². The molecule has 0 fully saturated rings. The van der Waals surface area contributed by atoms with Crippen LogP contribution >= 0.6 is 11.6 Å². The lowest BCUT2D eigenvalue weighted by atomic mass is 10.4. The van der Waals surface area contributed by atoms with Gasteiger partial charge in [0.25, 0.3) is 0 Å². The SMILES string of the molecule is ON=Cc1cccc[n+]1CCl. The van der Waals surface area contributed by atoms with Crippen LogP contribution in [0.1, 0.15) is 5.69 Å². The summed E-state index contributed by atoms with van der Waals surface area (Å²) >= 11 is 5.59. The summed E-state index contributed by atoms with van der Waals surface area (Å²) in [5.41, 5.74) is 0.769. The van der Waals surface area contributed by atoms with Gasteiger partial charge in [-0.2, -0.15) is 4.57 Å². The van der Waals surface area contributed by atoms with Crippen molar-refractivity contribution in [3.63, 3.8) is 0 Å². The van der Waals surface area contributed by atoms with Crippen molar-refractivity contribution >= 4 is 17.8 Å². The number of hydrogen-bond acceptors (Lipinski definition) is 2. The summed E-state index contributed by atoms with van der Waals surface area (Å²) in [6, 6.07) is 5.86. The van der Waals surface area contributed by atoms with Gasteiger partial charge in [-0.15, -0.1) is 0 Å². The lowest BCUT2D eigenvalue weighted by Gasteiger charge is -1.91. The van der Waals surface area contributed by atoms with Gasteiger partial charge in [0.2, 0.25) is 11.7 Å². The molecule has 0 radical (unpaired) electrons. The van der Waals surface area contributed by atoms with Crippen molar-refractivity contribution in [1.29, 1.82) is 0 Å². The Morgan fingerprint density at radius 1 is 1.64 bits per heavy atom. The number of oxime groups is 1. The van der Waals surface area contributed by atoms with Gasteiger partial charge in [0.1, 0.15) is 6.21 Å². The molecule has 1 heterocycles. The minimum atomic E-state index is 0.349. The Morgan fingerprint density at radius 3 is 3.09 bits per heavy atom. The van der Waals surface area contributed by atoms with Crippen LogP contribution in [0.3, 0.4) is 0 Å². The predicted molar refractivity (Wildman–Crippen MR) is 41.9 cm³/mol. The zero-order valence-corrected chi connectivity index (χ0v) is 6.57. The minimum Gasteiger partial charge on any atom is -0.411 e. The summed E-state index contributed by atoms with van der Waals surface area (Å²) in [5.74, 6) is 0. The van der Waals surface area contributed by atoms with Crippen molar-refractivity contribution in [2.75, 3.05) is 0 Å². The van der Waals surface area contributed by atoms with Crippen LogP contribution in [0.5, 0.6) is 0 Å². The third-order valence-corrected chi connectivity index (χ3v) is 1.55. The lowest BCUT2D eigenvalue weighted by Crippen LogP contribution is -2.35. The molecule has 1 aromatic rings. The molecule has 1 N–H and O–H groups in total. The molecule has 58 valence electrons. The first kappa shape index (κ1) is 8.01. The van der Waals surface area contributed by atoms with Crippen LogP contribution in [-0.4, -0.2) is 11.4 Å². The van der Waals surface area contributed by atoms with Crippen molar-refractivity contribution in [1.82, 2.24) is 0 Å². The maximum atomic E-state index is 8.25. The second kappa shape index (κ2) is 3.93. The zero-order valence-electron chi connectivity index (χ0n) is 5.81. The normalized spacial score (nSPS) is 10.6. The smallest absolute Gasteiger partial charge is 0.228 e. The van der Waals surface area contributed by atoms with Crippen LogP contribution < -0.4 is 4.57 Å². The van der Waals surface area contributed by atoms with E-state index in [1.807, 2.05) is 24.4 Å². The number of hydrogen-bond donors (Lipinski definition) is 1. The summed E-state index contributed by atoms with van der Waals surface area (Å²) in [5, 5.41) is 11.2. The van der Waals surface area contributed by atoms with Crippen LogP contribution in [0.2, 0.25) is 0 Å². The first-order chi connectivity index (χ1) is 5.38. The Bertz CT molecular complexity index is 262. The number of rotatable bonds is 2. The van der Waals surface area contributed by atoms with Gasteiger partial charge in [0, 0.05) is 12.1 Å². The van der Waals surface area contributed by atoms with Gasteiger partial charge in [0.15, 0.2) is 6.20 Å². The second-order valence-electron chi connectivity index (χ2n) is 1.96. The fourth-order valence-electron chi connectivity index (χ4n) is 0.775. The Labute approximate surface area is 69.5 Å². The van der Waals surface area contributed by atoms with Gasteiger partial charge in [-0.25, -0.2) is 0 Å². The average molecular weight is 172 g/mol. The molecule has 0 saturated heterocycles. The van der Waals surface area contributed by atoms with Crippen LogP contribution in [0.15, 0.2) is 29.6 Å². The molecule has 3 nitrogen and oxygen atoms in total. The topological polar surface area (TPSA) is 36.5 Å². The third-order valence-electron chi connectivity index (χ3n) is 1.29. The number of halogens is 1. The van der Waals surface area contributed by atoms with Crippen LogP contribution in [0.4, 0.5) is 0 Å². The van der Waals surface area contributed by atoms with Crippen molar-refractivity contribution in [2.24, 2.45) is 5.16 Å². The molecule has 0 saturated carbocycles. The minimum absolute atomic E-state index is 0.349. The summed E-state index contributed by atoms with van der Waals surface area (Å²) in [4.78, 5) is 0. The van der Waals surface area contributed by atoms with Crippen LogP contribution in [0, 0.1) is 0 Å². The highest BCUT2D eigenvalue weighted by molar-refractivity contribution is 6.14. The highest BCUT2D eigenvalue weighted by Gasteiger charge is 2.03. The molecule has 0 atom stereocenters. The van der Waals surface area contributed by atoms with E-state index in [2.05, 4.69) is 5.16 Å². The molecule has 0 aromatic carbocycles. The van der Waals surface area contributed by atoms with Crippen LogP contribution in [-0.2, 0) is 6.00 Å². The summed E-state index contributed by atoms with van der Waals surface area (Å²) < 4.78 is 1.75. The fourth-order valence-corrected chi connectivity index (χ4v) is 0.992.